The minimum absolute atomic E-state index is 0.215. The Morgan fingerprint density at radius 3 is 2.87 bits per heavy atom. The fourth-order valence-corrected chi connectivity index (χ4v) is 1.54. The summed E-state index contributed by atoms with van der Waals surface area (Å²) in [5.74, 6) is 0.0774. The molecule has 0 aromatic heterocycles. The van der Waals surface area contributed by atoms with Crippen molar-refractivity contribution >= 4 is 33.3 Å². The van der Waals surface area contributed by atoms with Gasteiger partial charge in [-0.1, -0.05) is 0 Å². The zero-order valence-electron chi connectivity index (χ0n) is 7.97. The summed E-state index contributed by atoms with van der Waals surface area (Å²) in [6, 6.07) is 4.69. The van der Waals surface area contributed by atoms with Crippen molar-refractivity contribution < 1.29 is 13.9 Å². The first-order chi connectivity index (χ1) is 7.06. The van der Waals surface area contributed by atoms with E-state index < -0.39 is 12.2 Å². The number of ether oxygens (including phenoxy) is 1. The fraction of sp³-hybridized carbons (Fsp3) is 0.300. The lowest BCUT2D eigenvalue weighted by Gasteiger charge is -2.07. The molecule has 0 heterocycles. The molecule has 1 aromatic rings. The largest absolute Gasteiger partial charge is 0.462 e. The van der Waals surface area contributed by atoms with Crippen LogP contribution >= 0.6 is 27.5 Å². The van der Waals surface area contributed by atoms with Crippen LogP contribution in [0.4, 0.5) is 4.39 Å². The Labute approximate surface area is 101 Å². The molecule has 0 aliphatic carbocycles. The quantitative estimate of drug-likeness (QED) is 0.627. The number of alkyl halides is 2. The van der Waals surface area contributed by atoms with E-state index in [4.69, 9.17) is 16.3 Å². The van der Waals surface area contributed by atoms with Gasteiger partial charge >= 0.3 is 0 Å². The molecule has 0 bridgehead atoms. The van der Waals surface area contributed by atoms with Crippen molar-refractivity contribution in [2.24, 2.45) is 0 Å². The van der Waals surface area contributed by atoms with E-state index in [1.165, 1.54) is 6.07 Å². The van der Waals surface area contributed by atoms with Crippen LogP contribution in [0.1, 0.15) is 17.3 Å². The van der Waals surface area contributed by atoms with Gasteiger partial charge in [-0.15, -0.1) is 11.6 Å². The maximum absolute atomic E-state index is 12.0. The van der Waals surface area contributed by atoms with Gasteiger partial charge in [0.05, 0.1) is 9.85 Å². The van der Waals surface area contributed by atoms with Gasteiger partial charge in [-0.3, -0.25) is 4.79 Å². The number of hydrogen-bond acceptors (Lipinski definition) is 2. The number of rotatable bonds is 4. The van der Waals surface area contributed by atoms with Crippen molar-refractivity contribution in [1.29, 1.82) is 0 Å². The van der Waals surface area contributed by atoms with Crippen molar-refractivity contribution in [1.82, 2.24) is 0 Å². The van der Waals surface area contributed by atoms with E-state index in [1.807, 2.05) is 0 Å². The van der Waals surface area contributed by atoms with E-state index in [1.54, 1.807) is 19.1 Å². The second-order valence-electron chi connectivity index (χ2n) is 2.88. The molecule has 0 radical (unpaired) electrons. The first-order valence-electron chi connectivity index (χ1n) is 4.23. The van der Waals surface area contributed by atoms with Crippen molar-refractivity contribution in [3.05, 3.63) is 28.2 Å². The maximum atomic E-state index is 12.0. The SMILES string of the molecule is CC(Cl)C(=O)c1ccc(Br)c(OCF)c1. The molecular formula is C10H9BrClFO2. The Hall–Kier alpha value is -0.610. The molecule has 2 nitrogen and oxygen atoms in total. The van der Waals surface area contributed by atoms with Gasteiger partial charge in [-0.2, -0.15) is 0 Å². The van der Waals surface area contributed by atoms with Crippen molar-refractivity contribution in [3.63, 3.8) is 0 Å². The molecule has 5 heteroatoms. The molecular weight excluding hydrogens is 286 g/mol. The minimum Gasteiger partial charge on any atom is -0.462 e. The number of carbonyl (C=O) groups excluding carboxylic acids is 1. The normalized spacial score (nSPS) is 12.3. The zero-order valence-corrected chi connectivity index (χ0v) is 10.3. The topological polar surface area (TPSA) is 26.3 Å². The molecule has 0 saturated heterocycles. The zero-order chi connectivity index (χ0) is 11.4. The fourth-order valence-electron chi connectivity index (χ4n) is 1.06. The monoisotopic (exact) mass is 294 g/mol. The standard InChI is InChI=1S/C10H9BrClFO2/c1-6(12)10(14)7-2-3-8(11)9(4-7)15-5-13/h2-4,6H,5H2,1H3. The lowest BCUT2D eigenvalue weighted by Crippen LogP contribution is -2.10. The molecule has 0 aliphatic heterocycles. The molecule has 0 N–H and O–H groups in total. The highest BCUT2D eigenvalue weighted by Gasteiger charge is 2.14. The minimum atomic E-state index is -0.938. The summed E-state index contributed by atoms with van der Waals surface area (Å²) in [5.41, 5.74) is 0.407. The van der Waals surface area contributed by atoms with Gasteiger partial charge in [0.2, 0.25) is 6.86 Å². The molecule has 0 aliphatic rings. The van der Waals surface area contributed by atoms with Crippen LogP contribution in [0.2, 0.25) is 0 Å². The van der Waals surface area contributed by atoms with E-state index in [0.717, 1.165) is 0 Å². The third-order valence-corrected chi connectivity index (χ3v) is 2.64. The van der Waals surface area contributed by atoms with Crippen LogP contribution in [0.3, 0.4) is 0 Å². The molecule has 15 heavy (non-hydrogen) atoms. The highest BCUT2D eigenvalue weighted by Crippen LogP contribution is 2.27. The van der Waals surface area contributed by atoms with E-state index in [0.29, 0.717) is 15.8 Å². The van der Waals surface area contributed by atoms with Crippen LogP contribution in [-0.2, 0) is 0 Å². The summed E-state index contributed by atoms with van der Waals surface area (Å²) >= 11 is 8.84. The number of halogens is 3. The molecule has 0 spiro atoms. The maximum Gasteiger partial charge on any atom is 0.228 e. The Kier molecular flexibility index (Phi) is 4.54. The molecule has 1 rings (SSSR count). The third-order valence-electron chi connectivity index (χ3n) is 1.79. The average molecular weight is 296 g/mol. The summed E-state index contributed by atoms with van der Waals surface area (Å²) in [6.07, 6.45) is 0. The van der Waals surface area contributed by atoms with E-state index in [9.17, 15) is 9.18 Å². The Balaban J connectivity index is 3.01. The number of Topliss-reactive ketones (excluding diaryl/α,β-unsaturated/α-hetero) is 1. The lowest BCUT2D eigenvalue weighted by atomic mass is 10.1. The lowest BCUT2D eigenvalue weighted by molar-refractivity contribution is 0.0990. The van der Waals surface area contributed by atoms with Crippen molar-refractivity contribution in [2.45, 2.75) is 12.3 Å². The number of benzene rings is 1. The van der Waals surface area contributed by atoms with Crippen LogP contribution in [0.25, 0.3) is 0 Å². The smallest absolute Gasteiger partial charge is 0.228 e. The Morgan fingerprint density at radius 2 is 2.33 bits per heavy atom. The second-order valence-corrected chi connectivity index (χ2v) is 4.39. The first-order valence-corrected chi connectivity index (χ1v) is 5.45. The van der Waals surface area contributed by atoms with E-state index >= 15 is 0 Å². The summed E-state index contributed by atoms with van der Waals surface area (Å²) in [6.45, 7) is 0.647. The van der Waals surface area contributed by atoms with Gasteiger partial charge in [0.25, 0.3) is 0 Å². The van der Waals surface area contributed by atoms with Gasteiger partial charge in [-0.05, 0) is 41.1 Å². The molecule has 1 aromatic carbocycles. The van der Waals surface area contributed by atoms with Crippen LogP contribution < -0.4 is 4.74 Å². The predicted octanol–water partition coefficient (Wildman–Crippen LogP) is 3.56. The van der Waals surface area contributed by atoms with Gasteiger partial charge in [0.15, 0.2) is 5.78 Å². The average Bonchev–Trinajstić information content (AvgIpc) is 2.20. The van der Waals surface area contributed by atoms with Crippen molar-refractivity contribution in [3.8, 4) is 5.75 Å². The third kappa shape index (κ3) is 3.18. The number of carbonyl (C=O) groups is 1. The molecule has 0 amide bonds. The van der Waals surface area contributed by atoms with Crippen LogP contribution in [0.15, 0.2) is 22.7 Å². The highest BCUT2D eigenvalue weighted by molar-refractivity contribution is 9.10. The van der Waals surface area contributed by atoms with Gasteiger partial charge < -0.3 is 4.74 Å². The second kappa shape index (κ2) is 5.47. The molecule has 1 unspecified atom stereocenters. The molecule has 82 valence electrons. The van der Waals surface area contributed by atoms with Gasteiger partial charge in [0.1, 0.15) is 5.75 Å². The summed E-state index contributed by atoms with van der Waals surface area (Å²) in [5, 5.41) is -0.607. The van der Waals surface area contributed by atoms with Crippen molar-refractivity contribution in [2.75, 3.05) is 6.86 Å². The summed E-state index contributed by atoms with van der Waals surface area (Å²) < 4.78 is 17.3. The molecule has 0 saturated carbocycles. The summed E-state index contributed by atoms with van der Waals surface area (Å²) in [7, 11) is 0. The molecule has 1 atom stereocenters. The summed E-state index contributed by atoms with van der Waals surface area (Å²) in [4.78, 5) is 11.5. The Morgan fingerprint density at radius 1 is 1.67 bits per heavy atom. The molecule has 0 fully saturated rings. The van der Waals surface area contributed by atoms with Crippen LogP contribution in [0, 0.1) is 0 Å². The predicted molar refractivity (Wildman–Crippen MR) is 60.4 cm³/mol. The number of ketones is 1. The van der Waals surface area contributed by atoms with Gasteiger partial charge in [0, 0.05) is 5.56 Å². The van der Waals surface area contributed by atoms with E-state index in [-0.39, 0.29) is 5.78 Å². The van der Waals surface area contributed by atoms with Crippen LogP contribution in [-0.4, -0.2) is 18.0 Å². The Bertz CT molecular complexity index is 368. The van der Waals surface area contributed by atoms with E-state index in [2.05, 4.69) is 15.9 Å². The highest BCUT2D eigenvalue weighted by atomic mass is 79.9. The first kappa shape index (κ1) is 12.5. The van der Waals surface area contributed by atoms with Crippen LogP contribution in [0.5, 0.6) is 5.75 Å². The number of hydrogen-bond donors (Lipinski definition) is 0. The van der Waals surface area contributed by atoms with Gasteiger partial charge in [-0.25, -0.2) is 4.39 Å².